The Kier molecular flexibility index (Phi) is 7.14. The zero-order chi connectivity index (χ0) is 19.9. The Balaban J connectivity index is 1.63. The van der Waals surface area contributed by atoms with Gasteiger partial charge in [-0.2, -0.15) is 0 Å². The van der Waals surface area contributed by atoms with Crippen molar-refractivity contribution < 1.29 is 9.84 Å². The first-order valence-electron chi connectivity index (χ1n) is 8.87. The van der Waals surface area contributed by atoms with E-state index in [1.165, 1.54) is 11.8 Å². The molecule has 0 saturated carbocycles. The maximum atomic E-state index is 10.3. The minimum Gasteiger partial charge on any atom is -0.491 e. The van der Waals surface area contributed by atoms with E-state index in [0.717, 1.165) is 27.9 Å². The highest BCUT2D eigenvalue weighted by atomic mass is 35.5. The predicted octanol–water partition coefficient (Wildman–Crippen LogP) is 4.62. The van der Waals surface area contributed by atoms with Gasteiger partial charge in [0.05, 0.1) is 6.10 Å². The summed E-state index contributed by atoms with van der Waals surface area (Å²) in [6.07, 6.45) is 1.17. The summed E-state index contributed by atoms with van der Waals surface area (Å²) >= 11 is 7.41. The van der Waals surface area contributed by atoms with Crippen LogP contribution < -0.4 is 4.74 Å². The first kappa shape index (κ1) is 20.5. The maximum absolute atomic E-state index is 10.3. The van der Waals surface area contributed by atoms with Crippen molar-refractivity contribution >= 4 is 23.4 Å². The molecule has 0 fully saturated rings. The van der Waals surface area contributed by atoms with Crippen molar-refractivity contribution in [1.82, 2.24) is 14.8 Å². The summed E-state index contributed by atoms with van der Waals surface area (Å²) in [7, 11) is 0. The highest BCUT2D eigenvalue weighted by Gasteiger charge is 2.15. The fourth-order valence-corrected chi connectivity index (χ4v) is 3.60. The summed E-state index contributed by atoms with van der Waals surface area (Å²) < 4.78 is 7.63. The average Bonchev–Trinajstić information content (AvgIpc) is 3.08. The lowest BCUT2D eigenvalue weighted by Crippen LogP contribution is -2.20. The van der Waals surface area contributed by atoms with Crippen molar-refractivity contribution in [2.24, 2.45) is 0 Å². The molecule has 2 aromatic carbocycles. The Morgan fingerprint density at radius 3 is 2.75 bits per heavy atom. The van der Waals surface area contributed by atoms with Gasteiger partial charge in [0, 0.05) is 22.9 Å². The number of aromatic nitrogens is 3. The number of benzene rings is 2. The molecule has 1 atom stereocenters. The van der Waals surface area contributed by atoms with Gasteiger partial charge >= 0.3 is 0 Å². The van der Waals surface area contributed by atoms with E-state index in [9.17, 15) is 5.11 Å². The quantitative estimate of drug-likeness (QED) is 0.408. The van der Waals surface area contributed by atoms with Crippen LogP contribution in [-0.4, -0.2) is 38.3 Å². The molecule has 0 bridgehead atoms. The molecule has 0 spiro atoms. The largest absolute Gasteiger partial charge is 0.491 e. The standard InChI is InChI=1S/C21H22ClN3O2S/c1-3-11-25-20(16-7-9-17(22)10-8-16)23-24-21(25)28-14-18(26)13-27-19-6-4-5-15(2)12-19/h3-10,12,18,26H,1,11,13-14H2,2H3. The van der Waals surface area contributed by atoms with Gasteiger partial charge in [-0.15, -0.1) is 16.8 Å². The van der Waals surface area contributed by atoms with E-state index in [4.69, 9.17) is 16.3 Å². The van der Waals surface area contributed by atoms with Crippen LogP contribution in [0.1, 0.15) is 5.56 Å². The minimum absolute atomic E-state index is 0.218. The van der Waals surface area contributed by atoms with E-state index < -0.39 is 6.10 Å². The van der Waals surface area contributed by atoms with Gasteiger partial charge in [-0.1, -0.05) is 41.6 Å². The molecule has 3 rings (SSSR count). The third kappa shape index (κ3) is 5.38. The molecule has 0 aliphatic heterocycles. The summed E-state index contributed by atoms with van der Waals surface area (Å²) in [4.78, 5) is 0. The third-order valence-electron chi connectivity index (χ3n) is 3.97. The molecule has 1 N–H and O–H groups in total. The Bertz CT molecular complexity index is 928. The molecule has 5 nitrogen and oxygen atoms in total. The van der Waals surface area contributed by atoms with E-state index in [1.54, 1.807) is 6.08 Å². The van der Waals surface area contributed by atoms with Crippen LogP contribution in [-0.2, 0) is 6.54 Å². The van der Waals surface area contributed by atoms with Crippen molar-refractivity contribution in [2.75, 3.05) is 12.4 Å². The molecule has 3 aromatic rings. The van der Waals surface area contributed by atoms with E-state index in [2.05, 4.69) is 16.8 Å². The van der Waals surface area contributed by atoms with Crippen molar-refractivity contribution in [3.05, 3.63) is 71.8 Å². The fraction of sp³-hybridized carbons (Fsp3) is 0.238. The number of hydrogen-bond donors (Lipinski definition) is 1. The van der Waals surface area contributed by atoms with Crippen molar-refractivity contribution in [3.8, 4) is 17.1 Å². The number of aliphatic hydroxyl groups excluding tert-OH is 1. The Hall–Kier alpha value is -2.28. The Morgan fingerprint density at radius 2 is 2.04 bits per heavy atom. The molecule has 146 valence electrons. The average molecular weight is 416 g/mol. The van der Waals surface area contributed by atoms with E-state index in [-0.39, 0.29) is 6.61 Å². The monoisotopic (exact) mass is 415 g/mol. The van der Waals surface area contributed by atoms with Crippen LogP contribution in [0.4, 0.5) is 0 Å². The van der Waals surface area contributed by atoms with Crippen LogP contribution in [0, 0.1) is 6.92 Å². The number of thioether (sulfide) groups is 1. The first-order valence-corrected chi connectivity index (χ1v) is 10.2. The summed E-state index contributed by atoms with van der Waals surface area (Å²) in [5.41, 5.74) is 2.04. The number of aryl methyl sites for hydroxylation is 1. The molecule has 1 aromatic heterocycles. The molecule has 1 heterocycles. The number of aliphatic hydroxyl groups is 1. The highest BCUT2D eigenvalue weighted by molar-refractivity contribution is 7.99. The number of ether oxygens (including phenoxy) is 1. The summed E-state index contributed by atoms with van der Waals surface area (Å²) in [5, 5.41) is 20.3. The van der Waals surface area contributed by atoms with Gasteiger partial charge in [-0.3, -0.25) is 4.57 Å². The maximum Gasteiger partial charge on any atom is 0.191 e. The zero-order valence-electron chi connectivity index (χ0n) is 15.6. The van der Waals surface area contributed by atoms with Crippen molar-refractivity contribution in [1.29, 1.82) is 0 Å². The van der Waals surface area contributed by atoms with Gasteiger partial charge in [0.25, 0.3) is 0 Å². The summed E-state index contributed by atoms with van der Waals surface area (Å²) in [5.74, 6) is 1.94. The number of allylic oxidation sites excluding steroid dienone is 1. The van der Waals surface area contributed by atoms with Gasteiger partial charge in [0.2, 0.25) is 0 Å². The van der Waals surface area contributed by atoms with Crippen LogP contribution in [0.5, 0.6) is 5.75 Å². The number of nitrogens with zero attached hydrogens (tertiary/aromatic N) is 3. The molecule has 7 heteroatoms. The topological polar surface area (TPSA) is 60.2 Å². The highest BCUT2D eigenvalue weighted by Crippen LogP contribution is 2.25. The first-order chi connectivity index (χ1) is 13.6. The third-order valence-corrected chi connectivity index (χ3v) is 5.33. The van der Waals surface area contributed by atoms with Crippen LogP contribution in [0.25, 0.3) is 11.4 Å². The molecular weight excluding hydrogens is 394 g/mol. The van der Waals surface area contributed by atoms with Gasteiger partial charge in [-0.25, -0.2) is 0 Å². The molecule has 28 heavy (non-hydrogen) atoms. The molecule has 0 aliphatic carbocycles. The van der Waals surface area contributed by atoms with Crippen molar-refractivity contribution in [2.45, 2.75) is 24.7 Å². The van der Waals surface area contributed by atoms with Crippen LogP contribution in [0.2, 0.25) is 5.02 Å². The molecule has 0 saturated heterocycles. The number of halogens is 1. The lowest BCUT2D eigenvalue weighted by Gasteiger charge is -2.13. The molecule has 0 radical (unpaired) electrons. The lowest BCUT2D eigenvalue weighted by atomic mass is 10.2. The van der Waals surface area contributed by atoms with E-state index in [1.807, 2.05) is 60.0 Å². The van der Waals surface area contributed by atoms with Gasteiger partial charge < -0.3 is 9.84 Å². The lowest BCUT2D eigenvalue weighted by molar-refractivity contribution is 0.126. The summed E-state index contributed by atoms with van der Waals surface area (Å²) in [6.45, 7) is 6.61. The second kappa shape index (κ2) is 9.78. The number of hydrogen-bond acceptors (Lipinski definition) is 5. The zero-order valence-corrected chi connectivity index (χ0v) is 17.2. The SMILES string of the molecule is C=CCn1c(SCC(O)COc2cccc(C)c2)nnc1-c1ccc(Cl)cc1. The van der Waals surface area contributed by atoms with E-state index >= 15 is 0 Å². The second-order valence-electron chi connectivity index (χ2n) is 6.30. The smallest absolute Gasteiger partial charge is 0.191 e. The summed E-state index contributed by atoms with van der Waals surface area (Å²) in [6, 6.07) is 15.2. The van der Waals surface area contributed by atoms with Crippen LogP contribution in [0.3, 0.4) is 0 Å². The molecule has 0 aliphatic rings. The molecule has 1 unspecified atom stereocenters. The van der Waals surface area contributed by atoms with Gasteiger partial charge in [0.15, 0.2) is 11.0 Å². The Morgan fingerprint density at radius 1 is 1.25 bits per heavy atom. The molecular formula is C21H22ClN3O2S. The Labute approximate surface area is 174 Å². The minimum atomic E-state index is -0.627. The van der Waals surface area contributed by atoms with E-state index in [0.29, 0.717) is 17.3 Å². The predicted molar refractivity (Wildman–Crippen MR) is 114 cm³/mol. The molecule has 0 amide bonds. The van der Waals surface area contributed by atoms with Gasteiger partial charge in [0.1, 0.15) is 12.4 Å². The second-order valence-corrected chi connectivity index (χ2v) is 7.73. The fourth-order valence-electron chi connectivity index (χ4n) is 2.62. The van der Waals surface area contributed by atoms with Crippen LogP contribution >= 0.6 is 23.4 Å². The number of rotatable bonds is 9. The van der Waals surface area contributed by atoms with Gasteiger partial charge in [-0.05, 0) is 48.9 Å². The van der Waals surface area contributed by atoms with Crippen LogP contribution in [0.15, 0.2) is 66.3 Å². The van der Waals surface area contributed by atoms with Crippen molar-refractivity contribution in [3.63, 3.8) is 0 Å². The normalized spacial score (nSPS) is 12.0.